The van der Waals surface area contributed by atoms with E-state index in [1.165, 1.54) is 0 Å². The number of para-hydroxylation sites is 2. The Morgan fingerprint density at radius 1 is 1.00 bits per heavy atom. The highest BCUT2D eigenvalue weighted by atomic mass is 16.5. The van der Waals surface area contributed by atoms with Crippen molar-refractivity contribution in [1.29, 1.82) is 0 Å². The van der Waals surface area contributed by atoms with Gasteiger partial charge in [-0.2, -0.15) is 0 Å². The third kappa shape index (κ3) is 6.33. The zero-order valence-corrected chi connectivity index (χ0v) is 15.8. The van der Waals surface area contributed by atoms with Crippen LogP contribution in [-0.2, 0) is 11.2 Å². The van der Waals surface area contributed by atoms with Gasteiger partial charge in [0.05, 0.1) is 17.9 Å². The quantitative estimate of drug-likeness (QED) is 0.390. The molecule has 6 nitrogen and oxygen atoms in total. The van der Waals surface area contributed by atoms with Gasteiger partial charge in [0.2, 0.25) is 0 Å². The van der Waals surface area contributed by atoms with E-state index in [0.29, 0.717) is 17.9 Å². The molecule has 27 heavy (non-hydrogen) atoms. The Bertz CT molecular complexity index is 761. The fourth-order valence-electron chi connectivity index (χ4n) is 2.44. The second kappa shape index (κ2) is 10.9. The number of amides is 2. The van der Waals surface area contributed by atoms with Crippen LogP contribution >= 0.6 is 0 Å². The SMILES string of the molecule is CCCCOC(=O)c1ccccc1NC(=O)NCOc1ccccc1CC. The van der Waals surface area contributed by atoms with Crippen LogP contribution in [0.5, 0.6) is 5.75 Å². The molecule has 0 aliphatic carbocycles. The summed E-state index contributed by atoms with van der Waals surface area (Å²) in [5.74, 6) is 0.285. The average molecular weight is 370 g/mol. The van der Waals surface area contributed by atoms with Gasteiger partial charge in [-0.05, 0) is 36.6 Å². The molecule has 0 heterocycles. The van der Waals surface area contributed by atoms with E-state index >= 15 is 0 Å². The number of hydrogen-bond donors (Lipinski definition) is 2. The van der Waals surface area contributed by atoms with Crippen molar-refractivity contribution in [3.8, 4) is 5.75 Å². The second-order valence-corrected chi connectivity index (χ2v) is 5.92. The van der Waals surface area contributed by atoms with Gasteiger partial charge in [-0.3, -0.25) is 0 Å². The normalized spacial score (nSPS) is 10.1. The molecule has 2 aromatic rings. The van der Waals surface area contributed by atoms with E-state index in [9.17, 15) is 9.59 Å². The van der Waals surface area contributed by atoms with Crippen LogP contribution in [-0.4, -0.2) is 25.3 Å². The lowest BCUT2D eigenvalue weighted by atomic mass is 10.1. The summed E-state index contributed by atoms with van der Waals surface area (Å²) in [6.07, 6.45) is 2.59. The first kappa shape index (κ1) is 20.3. The number of aryl methyl sites for hydroxylation is 1. The van der Waals surface area contributed by atoms with Gasteiger partial charge in [0, 0.05) is 0 Å². The van der Waals surface area contributed by atoms with Crippen molar-refractivity contribution in [2.24, 2.45) is 0 Å². The molecule has 0 atom stereocenters. The highest BCUT2D eigenvalue weighted by Crippen LogP contribution is 2.18. The number of carbonyl (C=O) groups excluding carboxylic acids is 2. The molecule has 0 fully saturated rings. The first-order chi connectivity index (χ1) is 13.2. The first-order valence-electron chi connectivity index (χ1n) is 9.17. The van der Waals surface area contributed by atoms with Gasteiger partial charge in [-0.25, -0.2) is 9.59 Å². The summed E-state index contributed by atoms with van der Waals surface area (Å²) in [5.41, 5.74) is 1.78. The number of urea groups is 1. The largest absolute Gasteiger partial charge is 0.473 e. The van der Waals surface area contributed by atoms with Crippen LogP contribution in [0.4, 0.5) is 10.5 Å². The average Bonchev–Trinajstić information content (AvgIpc) is 2.69. The molecule has 0 aromatic heterocycles. The predicted molar refractivity (Wildman–Crippen MR) is 105 cm³/mol. The third-order valence-electron chi connectivity index (χ3n) is 3.94. The van der Waals surface area contributed by atoms with Crippen molar-refractivity contribution in [2.45, 2.75) is 33.1 Å². The molecule has 6 heteroatoms. The first-order valence-corrected chi connectivity index (χ1v) is 9.17. The third-order valence-corrected chi connectivity index (χ3v) is 3.94. The molecular weight excluding hydrogens is 344 g/mol. The van der Waals surface area contributed by atoms with Crippen molar-refractivity contribution in [2.75, 3.05) is 18.7 Å². The fraction of sp³-hybridized carbons (Fsp3) is 0.333. The van der Waals surface area contributed by atoms with Gasteiger partial charge < -0.3 is 20.1 Å². The number of nitrogens with one attached hydrogen (secondary N) is 2. The zero-order chi connectivity index (χ0) is 19.5. The summed E-state index contributed by atoms with van der Waals surface area (Å²) < 4.78 is 10.8. The fourth-order valence-corrected chi connectivity index (χ4v) is 2.44. The summed E-state index contributed by atoms with van der Waals surface area (Å²) >= 11 is 0. The van der Waals surface area contributed by atoms with Crippen LogP contribution < -0.4 is 15.4 Å². The Morgan fingerprint density at radius 3 is 2.52 bits per heavy atom. The van der Waals surface area contributed by atoms with Crippen LogP contribution in [0.1, 0.15) is 42.6 Å². The summed E-state index contributed by atoms with van der Waals surface area (Å²) in [6.45, 7) is 4.44. The number of carbonyl (C=O) groups is 2. The van der Waals surface area contributed by atoms with Crippen LogP contribution in [0, 0.1) is 0 Å². The van der Waals surface area contributed by atoms with Gasteiger partial charge in [0.25, 0.3) is 0 Å². The van der Waals surface area contributed by atoms with Crippen molar-refractivity contribution in [1.82, 2.24) is 5.32 Å². The number of esters is 1. The van der Waals surface area contributed by atoms with Crippen LogP contribution in [0.2, 0.25) is 0 Å². The van der Waals surface area contributed by atoms with E-state index in [0.717, 1.165) is 30.6 Å². The maximum atomic E-state index is 12.2. The lowest BCUT2D eigenvalue weighted by Crippen LogP contribution is -2.32. The highest BCUT2D eigenvalue weighted by molar-refractivity contribution is 6.00. The molecule has 0 spiro atoms. The highest BCUT2D eigenvalue weighted by Gasteiger charge is 2.14. The second-order valence-electron chi connectivity index (χ2n) is 5.92. The van der Waals surface area contributed by atoms with E-state index < -0.39 is 12.0 Å². The molecule has 0 aliphatic heterocycles. The zero-order valence-electron chi connectivity index (χ0n) is 15.8. The van der Waals surface area contributed by atoms with E-state index in [-0.39, 0.29) is 6.73 Å². The molecule has 0 unspecified atom stereocenters. The topological polar surface area (TPSA) is 76.7 Å². The van der Waals surface area contributed by atoms with E-state index in [2.05, 4.69) is 10.6 Å². The summed E-state index contributed by atoms with van der Waals surface area (Å²) in [4.78, 5) is 24.3. The van der Waals surface area contributed by atoms with Crippen molar-refractivity contribution in [3.63, 3.8) is 0 Å². The van der Waals surface area contributed by atoms with Crippen molar-refractivity contribution >= 4 is 17.7 Å². The molecule has 144 valence electrons. The Kier molecular flexibility index (Phi) is 8.16. The van der Waals surface area contributed by atoms with Gasteiger partial charge in [0.1, 0.15) is 5.75 Å². The molecular formula is C21H26N2O4. The summed E-state index contributed by atoms with van der Waals surface area (Å²) in [7, 11) is 0. The molecule has 0 saturated heterocycles. The standard InChI is InChI=1S/C21H26N2O4/c1-3-5-14-26-20(24)17-11-7-8-12-18(17)23-21(25)22-15-27-19-13-9-6-10-16(19)4-2/h6-13H,3-5,14-15H2,1-2H3,(H2,22,23,25). The molecule has 2 rings (SSSR count). The molecule has 0 saturated carbocycles. The molecule has 2 amide bonds. The predicted octanol–water partition coefficient (Wildman–Crippen LogP) is 4.36. The van der Waals surface area contributed by atoms with Gasteiger partial charge in [0.15, 0.2) is 6.73 Å². The number of anilines is 1. The summed E-state index contributed by atoms with van der Waals surface area (Å²) in [6, 6.07) is 14.0. The lowest BCUT2D eigenvalue weighted by molar-refractivity contribution is 0.0501. The monoisotopic (exact) mass is 370 g/mol. The van der Waals surface area contributed by atoms with Gasteiger partial charge in [-0.15, -0.1) is 0 Å². The van der Waals surface area contributed by atoms with E-state index in [4.69, 9.17) is 9.47 Å². The maximum Gasteiger partial charge on any atom is 0.340 e. The molecule has 2 aromatic carbocycles. The van der Waals surface area contributed by atoms with Gasteiger partial charge in [-0.1, -0.05) is 50.6 Å². The molecule has 2 N–H and O–H groups in total. The number of unbranched alkanes of at least 4 members (excludes halogenated alkanes) is 1. The minimum atomic E-state index is -0.460. The molecule has 0 radical (unpaired) electrons. The Hall–Kier alpha value is -3.02. The number of benzene rings is 2. The summed E-state index contributed by atoms with van der Waals surface area (Å²) in [5, 5.41) is 5.29. The van der Waals surface area contributed by atoms with Gasteiger partial charge >= 0.3 is 12.0 Å². The Balaban J connectivity index is 1.89. The Labute approximate surface area is 159 Å². The minimum absolute atomic E-state index is 0.0198. The number of rotatable bonds is 9. The smallest absolute Gasteiger partial charge is 0.340 e. The maximum absolute atomic E-state index is 12.2. The number of hydrogen-bond acceptors (Lipinski definition) is 4. The molecule has 0 bridgehead atoms. The minimum Gasteiger partial charge on any atom is -0.473 e. The van der Waals surface area contributed by atoms with Crippen molar-refractivity contribution in [3.05, 3.63) is 59.7 Å². The van der Waals surface area contributed by atoms with Crippen LogP contribution in [0.3, 0.4) is 0 Å². The lowest BCUT2D eigenvalue weighted by Gasteiger charge is -2.13. The Morgan fingerprint density at radius 2 is 1.74 bits per heavy atom. The van der Waals surface area contributed by atoms with E-state index in [1.54, 1.807) is 24.3 Å². The van der Waals surface area contributed by atoms with Crippen molar-refractivity contribution < 1.29 is 19.1 Å². The molecule has 0 aliphatic rings. The number of ether oxygens (including phenoxy) is 2. The van der Waals surface area contributed by atoms with Crippen LogP contribution in [0.15, 0.2) is 48.5 Å². The van der Waals surface area contributed by atoms with E-state index in [1.807, 2.05) is 38.1 Å². The van der Waals surface area contributed by atoms with Crippen LogP contribution in [0.25, 0.3) is 0 Å².